The average Bonchev–Trinajstić information content (AvgIpc) is 2.66. The maximum Gasteiger partial charge on any atom is 0.338 e. The monoisotopic (exact) mass is 371 g/mol. The van der Waals surface area contributed by atoms with Crippen molar-refractivity contribution in [2.45, 2.75) is 26.7 Å². The largest absolute Gasteiger partial charge is 0.462 e. The summed E-state index contributed by atoms with van der Waals surface area (Å²) in [6.45, 7) is 3.70. The smallest absolute Gasteiger partial charge is 0.338 e. The summed E-state index contributed by atoms with van der Waals surface area (Å²) >= 11 is 0. The van der Waals surface area contributed by atoms with E-state index in [0.717, 1.165) is 5.69 Å². The number of carbonyl (C=O) groups is 2. The topological polar surface area (TPSA) is 111 Å². The molecule has 0 aliphatic heterocycles. The van der Waals surface area contributed by atoms with E-state index in [4.69, 9.17) is 4.74 Å². The molecule has 2 rings (SSSR count). The highest BCUT2D eigenvalue weighted by molar-refractivity contribution is 5.97. The van der Waals surface area contributed by atoms with Gasteiger partial charge >= 0.3 is 5.97 Å². The van der Waals surface area contributed by atoms with Crippen molar-refractivity contribution >= 4 is 23.3 Å². The molecule has 1 heterocycles. The zero-order chi connectivity index (χ0) is 19.8. The van der Waals surface area contributed by atoms with Gasteiger partial charge in [0.2, 0.25) is 5.91 Å². The van der Waals surface area contributed by atoms with Gasteiger partial charge in [0.15, 0.2) is 0 Å². The van der Waals surface area contributed by atoms with Crippen molar-refractivity contribution in [3.8, 4) is 0 Å². The molecule has 1 amide bonds. The number of esters is 1. The summed E-state index contributed by atoms with van der Waals surface area (Å²) < 4.78 is 4.91. The van der Waals surface area contributed by atoms with Crippen LogP contribution in [0, 0.1) is 16.0 Å². The van der Waals surface area contributed by atoms with Gasteiger partial charge < -0.3 is 10.1 Å². The van der Waals surface area contributed by atoms with Crippen LogP contribution >= 0.6 is 0 Å². The third-order valence-electron chi connectivity index (χ3n) is 4.01. The lowest BCUT2D eigenvalue weighted by molar-refractivity contribution is -0.383. The number of hydrogen-bond donors (Lipinski definition) is 1. The Morgan fingerprint density at radius 2 is 2.04 bits per heavy atom. The number of rotatable bonds is 8. The number of ether oxygens (including phenoxy) is 1. The maximum absolute atomic E-state index is 12.7. The molecule has 8 nitrogen and oxygen atoms in total. The molecule has 1 aromatic heterocycles. The highest BCUT2D eigenvalue weighted by atomic mass is 16.6. The Morgan fingerprint density at radius 1 is 1.26 bits per heavy atom. The van der Waals surface area contributed by atoms with Crippen LogP contribution in [0.1, 0.15) is 36.3 Å². The first kappa shape index (κ1) is 20.0. The summed E-state index contributed by atoms with van der Waals surface area (Å²) in [6.07, 6.45) is 2.59. The van der Waals surface area contributed by atoms with Crippen molar-refractivity contribution in [2.75, 3.05) is 11.9 Å². The first-order valence-electron chi connectivity index (χ1n) is 8.62. The fraction of sp³-hybridized carbons (Fsp3) is 0.316. The standard InChI is InChI=1S/C19H21N3O5/c1-3-13(11-15-7-5-6-10-20-15)18(23)21-16-12-14(19(24)27-4-2)8-9-17(16)22(25)26/h5-10,12-13H,3-4,11H2,1-2H3,(H,21,23). The molecular weight excluding hydrogens is 350 g/mol. The number of amides is 1. The molecule has 0 spiro atoms. The van der Waals surface area contributed by atoms with Crippen LogP contribution in [0.5, 0.6) is 0 Å². The molecule has 1 unspecified atom stereocenters. The van der Waals surface area contributed by atoms with E-state index in [-0.39, 0.29) is 29.5 Å². The van der Waals surface area contributed by atoms with Crippen LogP contribution in [0.25, 0.3) is 0 Å². The Labute approximate surface area is 156 Å². The molecule has 0 fully saturated rings. The van der Waals surface area contributed by atoms with E-state index in [1.807, 2.05) is 19.1 Å². The number of carbonyl (C=O) groups excluding carboxylic acids is 2. The first-order valence-corrected chi connectivity index (χ1v) is 8.62. The van der Waals surface area contributed by atoms with Gasteiger partial charge in [0.1, 0.15) is 5.69 Å². The van der Waals surface area contributed by atoms with Crippen molar-refractivity contribution in [1.82, 2.24) is 4.98 Å². The van der Waals surface area contributed by atoms with Crippen LogP contribution in [0.4, 0.5) is 11.4 Å². The van der Waals surface area contributed by atoms with Gasteiger partial charge in [-0.25, -0.2) is 4.79 Å². The highest BCUT2D eigenvalue weighted by Gasteiger charge is 2.23. The highest BCUT2D eigenvalue weighted by Crippen LogP contribution is 2.27. The lowest BCUT2D eigenvalue weighted by atomic mass is 9.98. The Morgan fingerprint density at radius 3 is 2.63 bits per heavy atom. The second-order valence-electron chi connectivity index (χ2n) is 5.83. The fourth-order valence-corrected chi connectivity index (χ4v) is 2.57. The second-order valence-corrected chi connectivity index (χ2v) is 5.83. The number of pyridine rings is 1. The van der Waals surface area contributed by atoms with E-state index < -0.39 is 16.8 Å². The Balaban J connectivity index is 2.24. The normalized spacial score (nSPS) is 11.5. The number of nitrogens with one attached hydrogen (secondary N) is 1. The predicted molar refractivity (Wildman–Crippen MR) is 99.4 cm³/mol. The van der Waals surface area contributed by atoms with Crippen molar-refractivity contribution < 1.29 is 19.2 Å². The van der Waals surface area contributed by atoms with E-state index in [9.17, 15) is 19.7 Å². The Hall–Kier alpha value is -3.29. The van der Waals surface area contributed by atoms with Crippen LogP contribution in [-0.2, 0) is 16.0 Å². The molecule has 8 heteroatoms. The van der Waals surface area contributed by atoms with Gasteiger partial charge in [-0.15, -0.1) is 0 Å². The van der Waals surface area contributed by atoms with Gasteiger partial charge in [0.05, 0.1) is 17.1 Å². The van der Waals surface area contributed by atoms with Gasteiger partial charge in [0, 0.05) is 30.3 Å². The summed E-state index contributed by atoms with van der Waals surface area (Å²) in [5.41, 5.74) is 0.573. The van der Waals surface area contributed by atoms with Crippen LogP contribution < -0.4 is 5.32 Å². The summed E-state index contributed by atoms with van der Waals surface area (Å²) in [5.74, 6) is -1.39. The van der Waals surface area contributed by atoms with E-state index in [2.05, 4.69) is 10.3 Å². The summed E-state index contributed by atoms with van der Waals surface area (Å²) in [7, 11) is 0. The van der Waals surface area contributed by atoms with Crippen molar-refractivity contribution in [1.29, 1.82) is 0 Å². The molecule has 27 heavy (non-hydrogen) atoms. The van der Waals surface area contributed by atoms with Crippen LogP contribution in [0.15, 0.2) is 42.6 Å². The zero-order valence-electron chi connectivity index (χ0n) is 15.2. The predicted octanol–water partition coefficient (Wildman–Crippen LogP) is 3.37. The minimum absolute atomic E-state index is 0.0324. The molecule has 0 saturated carbocycles. The van der Waals surface area contributed by atoms with E-state index in [1.165, 1.54) is 18.2 Å². The Kier molecular flexibility index (Phi) is 6.99. The van der Waals surface area contributed by atoms with Gasteiger partial charge in [-0.1, -0.05) is 13.0 Å². The molecule has 1 atom stereocenters. The van der Waals surface area contributed by atoms with Gasteiger partial charge in [-0.05, 0) is 37.6 Å². The molecule has 0 saturated heterocycles. The molecule has 142 valence electrons. The van der Waals surface area contributed by atoms with E-state index >= 15 is 0 Å². The van der Waals surface area contributed by atoms with Crippen LogP contribution in [-0.4, -0.2) is 28.4 Å². The lowest BCUT2D eigenvalue weighted by Crippen LogP contribution is -2.25. The van der Waals surface area contributed by atoms with Gasteiger partial charge in [-0.3, -0.25) is 19.9 Å². The summed E-state index contributed by atoms with van der Waals surface area (Å²) in [6, 6.07) is 9.19. The molecule has 0 aliphatic rings. The van der Waals surface area contributed by atoms with Gasteiger partial charge in [0.25, 0.3) is 5.69 Å². The first-order chi connectivity index (χ1) is 13.0. The number of anilines is 1. The molecule has 1 N–H and O–H groups in total. The van der Waals surface area contributed by atoms with Crippen molar-refractivity contribution in [2.24, 2.45) is 5.92 Å². The fourth-order valence-electron chi connectivity index (χ4n) is 2.57. The molecule has 2 aromatic rings. The molecule has 1 aromatic carbocycles. The SMILES string of the molecule is CCOC(=O)c1ccc([N+](=O)[O-])c(NC(=O)C(CC)Cc2ccccn2)c1. The molecule has 0 radical (unpaired) electrons. The second kappa shape index (κ2) is 9.42. The van der Waals surface area contributed by atoms with Crippen LogP contribution in [0.2, 0.25) is 0 Å². The average molecular weight is 371 g/mol. The zero-order valence-corrected chi connectivity index (χ0v) is 15.2. The third-order valence-corrected chi connectivity index (χ3v) is 4.01. The minimum Gasteiger partial charge on any atom is -0.462 e. The number of nitro groups is 1. The van der Waals surface area contributed by atoms with Crippen LogP contribution in [0.3, 0.4) is 0 Å². The molecule has 0 bridgehead atoms. The number of hydrogen-bond acceptors (Lipinski definition) is 6. The van der Waals surface area contributed by atoms with E-state index in [1.54, 1.807) is 19.2 Å². The molecule has 0 aliphatic carbocycles. The van der Waals surface area contributed by atoms with Gasteiger partial charge in [-0.2, -0.15) is 0 Å². The Bertz CT molecular complexity index is 823. The number of aromatic nitrogens is 1. The maximum atomic E-state index is 12.7. The minimum atomic E-state index is -0.608. The summed E-state index contributed by atoms with van der Waals surface area (Å²) in [5, 5.41) is 13.9. The lowest BCUT2D eigenvalue weighted by Gasteiger charge is -2.15. The quantitative estimate of drug-likeness (QED) is 0.432. The van der Waals surface area contributed by atoms with Crippen molar-refractivity contribution in [3.05, 3.63) is 64.0 Å². The van der Waals surface area contributed by atoms with Crippen molar-refractivity contribution in [3.63, 3.8) is 0 Å². The number of benzene rings is 1. The third kappa shape index (κ3) is 5.34. The summed E-state index contributed by atoms with van der Waals surface area (Å²) in [4.78, 5) is 39.4. The number of nitrogens with zero attached hydrogens (tertiary/aromatic N) is 2. The molecular formula is C19H21N3O5. The van der Waals surface area contributed by atoms with E-state index in [0.29, 0.717) is 12.8 Å². The number of nitro benzene ring substituents is 1.